The Kier molecular flexibility index (Phi) is 3.71. The summed E-state index contributed by atoms with van der Waals surface area (Å²) >= 11 is 0. The van der Waals surface area contributed by atoms with Crippen molar-refractivity contribution >= 4 is 22.5 Å². The number of anilines is 1. The zero-order valence-corrected chi connectivity index (χ0v) is 14.6. The number of benzene rings is 2. The zero-order chi connectivity index (χ0) is 18.2. The zero-order valence-electron chi connectivity index (χ0n) is 14.6. The second-order valence-corrected chi connectivity index (χ2v) is 6.81. The molecule has 5 rings (SSSR count). The number of amides is 1. The van der Waals surface area contributed by atoms with Crippen LogP contribution in [-0.2, 0) is 11.3 Å². The predicted molar refractivity (Wildman–Crippen MR) is 102 cm³/mol. The van der Waals surface area contributed by atoms with Gasteiger partial charge < -0.3 is 9.88 Å². The fourth-order valence-electron chi connectivity index (χ4n) is 3.32. The molecule has 1 aliphatic carbocycles. The van der Waals surface area contributed by atoms with E-state index in [0.717, 1.165) is 40.8 Å². The Morgan fingerprint density at radius 3 is 2.89 bits per heavy atom. The highest BCUT2D eigenvalue weighted by atomic mass is 16.1. The van der Waals surface area contributed by atoms with Crippen LogP contribution in [0.1, 0.15) is 18.9 Å². The summed E-state index contributed by atoms with van der Waals surface area (Å²) in [4.78, 5) is 12.5. The number of hydrogen-bond acceptors (Lipinski definition) is 4. The predicted octanol–water partition coefficient (Wildman–Crippen LogP) is 3.27. The molecule has 7 nitrogen and oxygen atoms in total. The summed E-state index contributed by atoms with van der Waals surface area (Å²) in [6.45, 7) is 0.261. The summed E-state index contributed by atoms with van der Waals surface area (Å²) < 4.78 is 3.81. The van der Waals surface area contributed by atoms with Gasteiger partial charge in [-0.2, -0.15) is 0 Å². The number of tetrazole rings is 1. The van der Waals surface area contributed by atoms with Crippen molar-refractivity contribution in [1.29, 1.82) is 0 Å². The van der Waals surface area contributed by atoms with Gasteiger partial charge in [0.15, 0.2) is 5.82 Å². The lowest BCUT2D eigenvalue weighted by Crippen LogP contribution is -2.18. The Morgan fingerprint density at radius 1 is 1.11 bits per heavy atom. The molecule has 1 amide bonds. The molecule has 0 unspecified atom stereocenters. The normalized spacial score (nSPS) is 13.8. The molecule has 0 aliphatic heterocycles. The van der Waals surface area contributed by atoms with Crippen LogP contribution >= 0.6 is 0 Å². The van der Waals surface area contributed by atoms with Crippen LogP contribution in [0.5, 0.6) is 0 Å². The largest absolute Gasteiger partial charge is 0.338 e. The van der Waals surface area contributed by atoms with Crippen molar-refractivity contribution in [3.05, 3.63) is 60.8 Å². The third kappa shape index (κ3) is 3.08. The maximum absolute atomic E-state index is 12.5. The molecule has 0 atom stereocenters. The van der Waals surface area contributed by atoms with Crippen LogP contribution in [-0.4, -0.2) is 30.7 Å². The fraction of sp³-hybridized carbons (Fsp3) is 0.200. The number of carbonyl (C=O) groups is 1. The van der Waals surface area contributed by atoms with E-state index < -0.39 is 0 Å². The maximum Gasteiger partial charge on any atom is 0.244 e. The summed E-state index contributed by atoms with van der Waals surface area (Å²) in [6, 6.07) is 18.1. The molecule has 1 saturated carbocycles. The molecule has 1 fully saturated rings. The van der Waals surface area contributed by atoms with Crippen molar-refractivity contribution in [3.63, 3.8) is 0 Å². The molecular weight excluding hydrogens is 340 g/mol. The molecule has 2 aromatic carbocycles. The highest BCUT2D eigenvalue weighted by molar-refractivity contribution is 5.92. The molecule has 1 aliphatic rings. The smallest absolute Gasteiger partial charge is 0.244 e. The Bertz CT molecular complexity index is 1120. The third-order valence-electron chi connectivity index (χ3n) is 4.78. The van der Waals surface area contributed by atoms with Gasteiger partial charge in [0.2, 0.25) is 5.91 Å². The van der Waals surface area contributed by atoms with E-state index in [0.29, 0.717) is 6.04 Å². The van der Waals surface area contributed by atoms with Crippen molar-refractivity contribution in [1.82, 2.24) is 24.8 Å². The minimum absolute atomic E-state index is 0.0738. The summed E-state index contributed by atoms with van der Waals surface area (Å²) in [5.74, 6) is 0.667. The first-order chi connectivity index (χ1) is 13.3. The Hall–Kier alpha value is -3.48. The Balaban J connectivity index is 1.35. The van der Waals surface area contributed by atoms with Crippen molar-refractivity contribution < 1.29 is 4.79 Å². The first kappa shape index (κ1) is 15.7. The number of carbonyl (C=O) groups excluding carboxylic acids is 1. The number of rotatable bonds is 5. The van der Waals surface area contributed by atoms with Gasteiger partial charge in [0, 0.05) is 23.0 Å². The van der Waals surface area contributed by atoms with E-state index >= 15 is 0 Å². The van der Waals surface area contributed by atoms with Crippen molar-refractivity contribution in [3.8, 4) is 11.4 Å². The minimum atomic E-state index is -0.0738. The molecule has 27 heavy (non-hydrogen) atoms. The van der Waals surface area contributed by atoms with Gasteiger partial charge in [-0.3, -0.25) is 4.79 Å². The van der Waals surface area contributed by atoms with Gasteiger partial charge in [-0.05, 0) is 52.9 Å². The van der Waals surface area contributed by atoms with Crippen LogP contribution < -0.4 is 5.32 Å². The topological polar surface area (TPSA) is 77.6 Å². The van der Waals surface area contributed by atoms with Crippen LogP contribution in [0.15, 0.2) is 60.8 Å². The first-order valence-corrected chi connectivity index (χ1v) is 9.00. The number of nitrogens with zero attached hydrogens (tertiary/aromatic N) is 5. The van der Waals surface area contributed by atoms with Crippen LogP contribution in [0.2, 0.25) is 0 Å². The number of aromatic nitrogens is 5. The Labute approximate surface area is 155 Å². The van der Waals surface area contributed by atoms with Crippen molar-refractivity contribution in [2.24, 2.45) is 0 Å². The lowest BCUT2D eigenvalue weighted by atomic mass is 10.2. The summed E-state index contributed by atoms with van der Waals surface area (Å²) in [5.41, 5.74) is 2.68. The lowest BCUT2D eigenvalue weighted by molar-refractivity contribution is -0.116. The second kappa shape index (κ2) is 6.35. The van der Waals surface area contributed by atoms with E-state index in [9.17, 15) is 4.79 Å². The highest BCUT2D eigenvalue weighted by Crippen LogP contribution is 2.36. The van der Waals surface area contributed by atoms with Crippen LogP contribution in [0.25, 0.3) is 22.3 Å². The monoisotopic (exact) mass is 358 g/mol. The quantitative estimate of drug-likeness (QED) is 0.594. The number of hydrogen-bond donors (Lipinski definition) is 1. The number of nitrogens with one attached hydrogen (secondary N) is 1. The van der Waals surface area contributed by atoms with E-state index in [4.69, 9.17) is 0 Å². The molecule has 134 valence electrons. The fourth-order valence-corrected chi connectivity index (χ4v) is 3.32. The molecule has 0 bridgehead atoms. The molecule has 0 radical (unpaired) electrons. The van der Waals surface area contributed by atoms with Crippen molar-refractivity contribution in [2.75, 3.05) is 5.32 Å². The van der Waals surface area contributed by atoms with E-state index in [1.807, 2.05) is 70.0 Å². The number of para-hydroxylation sites is 1. The van der Waals surface area contributed by atoms with E-state index in [1.54, 1.807) is 0 Å². The van der Waals surface area contributed by atoms with Gasteiger partial charge in [-0.25, -0.2) is 4.68 Å². The molecule has 2 aromatic heterocycles. The van der Waals surface area contributed by atoms with E-state index in [1.165, 1.54) is 0 Å². The summed E-state index contributed by atoms with van der Waals surface area (Å²) in [5, 5.41) is 16.1. The number of fused-ring (bicyclic) bond motifs is 1. The van der Waals surface area contributed by atoms with Gasteiger partial charge in [-0.15, -0.1) is 5.10 Å². The summed E-state index contributed by atoms with van der Waals surface area (Å²) in [6.07, 6.45) is 4.16. The first-order valence-electron chi connectivity index (χ1n) is 9.00. The van der Waals surface area contributed by atoms with Gasteiger partial charge in [0.25, 0.3) is 0 Å². The summed E-state index contributed by atoms with van der Waals surface area (Å²) in [7, 11) is 0. The van der Waals surface area contributed by atoms with Gasteiger partial charge in [0.05, 0.1) is 6.04 Å². The van der Waals surface area contributed by atoms with E-state index in [-0.39, 0.29) is 12.5 Å². The molecule has 4 aromatic rings. The molecule has 0 spiro atoms. The van der Waals surface area contributed by atoms with Crippen LogP contribution in [0.4, 0.5) is 5.69 Å². The molecule has 1 N–H and O–H groups in total. The van der Waals surface area contributed by atoms with Gasteiger partial charge in [0.1, 0.15) is 6.54 Å². The van der Waals surface area contributed by atoms with Gasteiger partial charge >= 0.3 is 0 Å². The van der Waals surface area contributed by atoms with Crippen LogP contribution in [0.3, 0.4) is 0 Å². The molecular formula is C20H18N6O. The van der Waals surface area contributed by atoms with Gasteiger partial charge in [-0.1, -0.05) is 30.3 Å². The molecule has 7 heteroatoms. The highest BCUT2D eigenvalue weighted by Gasteiger charge is 2.28. The average Bonchev–Trinajstić information content (AvgIpc) is 3.27. The maximum atomic E-state index is 12.5. The van der Waals surface area contributed by atoms with Crippen LogP contribution in [0, 0.1) is 0 Å². The van der Waals surface area contributed by atoms with E-state index in [2.05, 4.69) is 20.8 Å². The molecule has 0 saturated heterocycles. The van der Waals surface area contributed by atoms with Crippen molar-refractivity contribution in [2.45, 2.75) is 25.4 Å². The third-order valence-corrected chi connectivity index (χ3v) is 4.78. The Morgan fingerprint density at radius 2 is 2.00 bits per heavy atom. The second-order valence-electron chi connectivity index (χ2n) is 6.81. The minimum Gasteiger partial charge on any atom is -0.338 e. The SMILES string of the molecule is O=C(Cn1ccc2ccccc21)Nc1cccc(-c2nnnn2C2CC2)c1. The standard InChI is InChI=1S/C20H18N6O/c27-19(13-25-11-10-14-4-1-2-7-18(14)25)21-16-6-3-5-15(12-16)20-22-23-24-26(20)17-8-9-17/h1-7,10-12,17H,8-9,13H2,(H,21,27). The molecule has 2 heterocycles. The lowest BCUT2D eigenvalue weighted by Gasteiger charge is -2.09. The average molecular weight is 358 g/mol.